The molecule has 0 amide bonds. The van der Waals surface area contributed by atoms with Crippen molar-refractivity contribution in [3.63, 3.8) is 0 Å². The Morgan fingerprint density at radius 2 is 1.92 bits per heavy atom. The minimum absolute atomic E-state index is 0.284. The minimum atomic E-state index is -0.284. The topological polar surface area (TPSA) is 26.7 Å². The molecule has 0 saturated carbocycles. The third-order valence-electron chi connectivity index (χ3n) is 2.32. The molecule has 1 rings (SSSR count). The van der Waals surface area contributed by atoms with Crippen LogP contribution >= 0.6 is 0 Å². The fourth-order valence-corrected chi connectivity index (χ4v) is 1.55. The SMILES string of the molecule is CC[CH]N1CCN(C(C)O)CC1. The third-order valence-corrected chi connectivity index (χ3v) is 2.32. The predicted molar refractivity (Wildman–Crippen MR) is 49.4 cm³/mol. The maximum atomic E-state index is 9.29. The van der Waals surface area contributed by atoms with Gasteiger partial charge in [-0.25, -0.2) is 0 Å². The highest BCUT2D eigenvalue weighted by Crippen LogP contribution is 2.06. The Bertz CT molecular complexity index is 120. The molecule has 0 aromatic heterocycles. The van der Waals surface area contributed by atoms with Crippen LogP contribution in [0.2, 0.25) is 0 Å². The van der Waals surface area contributed by atoms with Crippen molar-refractivity contribution in [3.05, 3.63) is 6.54 Å². The molecule has 12 heavy (non-hydrogen) atoms. The first-order valence-electron chi connectivity index (χ1n) is 4.73. The van der Waals surface area contributed by atoms with Gasteiger partial charge in [-0.05, 0) is 13.3 Å². The fraction of sp³-hybridized carbons (Fsp3) is 0.889. The number of aliphatic hydroxyl groups is 1. The van der Waals surface area contributed by atoms with Gasteiger partial charge in [0.05, 0.1) is 0 Å². The van der Waals surface area contributed by atoms with Gasteiger partial charge in [0.25, 0.3) is 0 Å². The fourth-order valence-electron chi connectivity index (χ4n) is 1.55. The summed E-state index contributed by atoms with van der Waals surface area (Å²) in [6.07, 6.45) is 0.822. The van der Waals surface area contributed by atoms with E-state index in [-0.39, 0.29) is 6.23 Å². The molecular weight excluding hydrogens is 152 g/mol. The second-order valence-electron chi connectivity index (χ2n) is 3.29. The zero-order valence-electron chi connectivity index (χ0n) is 8.03. The summed E-state index contributed by atoms with van der Waals surface area (Å²) in [6, 6.07) is 0. The van der Waals surface area contributed by atoms with Gasteiger partial charge in [0.15, 0.2) is 0 Å². The van der Waals surface area contributed by atoms with E-state index < -0.39 is 0 Å². The summed E-state index contributed by atoms with van der Waals surface area (Å²) >= 11 is 0. The van der Waals surface area contributed by atoms with E-state index >= 15 is 0 Å². The summed E-state index contributed by atoms with van der Waals surface area (Å²) < 4.78 is 0. The van der Waals surface area contributed by atoms with Crippen LogP contribution in [0.5, 0.6) is 0 Å². The monoisotopic (exact) mass is 171 g/mol. The Balaban J connectivity index is 2.20. The molecule has 1 saturated heterocycles. The van der Waals surface area contributed by atoms with E-state index in [1.807, 2.05) is 6.92 Å². The van der Waals surface area contributed by atoms with Crippen molar-refractivity contribution >= 4 is 0 Å². The summed E-state index contributed by atoms with van der Waals surface area (Å²) in [5, 5.41) is 9.29. The van der Waals surface area contributed by atoms with Crippen molar-refractivity contribution in [2.24, 2.45) is 0 Å². The smallest absolute Gasteiger partial charge is 0.104 e. The average molecular weight is 171 g/mol. The molecule has 1 aliphatic heterocycles. The molecule has 1 aliphatic rings. The summed E-state index contributed by atoms with van der Waals surface area (Å²) in [4.78, 5) is 4.43. The Morgan fingerprint density at radius 3 is 2.33 bits per heavy atom. The van der Waals surface area contributed by atoms with Crippen LogP contribution in [-0.4, -0.2) is 47.3 Å². The molecular formula is C9H19N2O. The van der Waals surface area contributed by atoms with E-state index in [4.69, 9.17) is 0 Å². The lowest BCUT2D eigenvalue weighted by molar-refractivity contribution is -0.00804. The van der Waals surface area contributed by atoms with Gasteiger partial charge in [0.1, 0.15) is 6.23 Å². The lowest BCUT2D eigenvalue weighted by Gasteiger charge is -2.35. The van der Waals surface area contributed by atoms with Crippen molar-refractivity contribution < 1.29 is 5.11 Å². The van der Waals surface area contributed by atoms with Gasteiger partial charge >= 0.3 is 0 Å². The van der Waals surface area contributed by atoms with Crippen LogP contribution in [0.1, 0.15) is 20.3 Å². The Morgan fingerprint density at radius 1 is 1.33 bits per heavy atom. The van der Waals surface area contributed by atoms with E-state index in [1.54, 1.807) is 0 Å². The van der Waals surface area contributed by atoms with Crippen LogP contribution in [0.3, 0.4) is 0 Å². The maximum Gasteiger partial charge on any atom is 0.104 e. The molecule has 0 aliphatic carbocycles. The highest BCUT2D eigenvalue weighted by atomic mass is 16.3. The van der Waals surface area contributed by atoms with Crippen LogP contribution in [-0.2, 0) is 0 Å². The molecule has 1 heterocycles. The number of rotatable bonds is 3. The molecule has 1 fully saturated rings. The molecule has 3 heteroatoms. The standard InChI is InChI=1S/C9H19N2O/c1-3-4-10-5-7-11(8-6-10)9(2)12/h4,9,12H,3,5-8H2,1-2H3. The van der Waals surface area contributed by atoms with E-state index in [0.29, 0.717) is 0 Å². The first-order valence-corrected chi connectivity index (χ1v) is 4.73. The molecule has 0 bridgehead atoms. The Kier molecular flexibility index (Phi) is 3.98. The zero-order chi connectivity index (χ0) is 8.97. The van der Waals surface area contributed by atoms with Gasteiger partial charge in [-0.1, -0.05) is 6.92 Å². The van der Waals surface area contributed by atoms with Gasteiger partial charge < -0.3 is 5.11 Å². The summed E-state index contributed by atoms with van der Waals surface area (Å²) in [6.45, 7) is 10.3. The van der Waals surface area contributed by atoms with Crippen molar-refractivity contribution in [1.29, 1.82) is 0 Å². The molecule has 0 aromatic carbocycles. The number of nitrogens with zero attached hydrogens (tertiary/aromatic N) is 2. The van der Waals surface area contributed by atoms with Gasteiger partial charge in [-0.2, -0.15) is 0 Å². The van der Waals surface area contributed by atoms with Crippen LogP contribution < -0.4 is 0 Å². The second-order valence-corrected chi connectivity index (χ2v) is 3.29. The van der Waals surface area contributed by atoms with Gasteiger partial charge in [-0.15, -0.1) is 0 Å². The maximum absolute atomic E-state index is 9.29. The first kappa shape index (κ1) is 9.96. The van der Waals surface area contributed by atoms with E-state index in [0.717, 1.165) is 32.6 Å². The van der Waals surface area contributed by atoms with Crippen molar-refractivity contribution in [2.45, 2.75) is 26.5 Å². The summed E-state index contributed by atoms with van der Waals surface area (Å²) in [7, 11) is 0. The predicted octanol–water partition coefficient (Wildman–Crippen LogP) is 0.514. The first-order chi connectivity index (χ1) is 5.74. The third kappa shape index (κ3) is 2.73. The quantitative estimate of drug-likeness (QED) is 0.670. The van der Waals surface area contributed by atoms with Crippen molar-refractivity contribution in [2.75, 3.05) is 26.2 Å². The molecule has 1 atom stereocenters. The van der Waals surface area contributed by atoms with Crippen molar-refractivity contribution in [3.8, 4) is 0 Å². The average Bonchev–Trinajstić information content (AvgIpc) is 2.06. The van der Waals surface area contributed by atoms with E-state index in [9.17, 15) is 5.11 Å². The number of aliphatic hydroxyl groups excluding tert-OH is 1. The van der Waals surface area contributed by atoms with Crippen LogP contribution in [0, 0.1) is 6.54 Å². The lowest BCUT2D eigenvalue weighted by atomic mass is 10.3. The Hall–Kier alpha value is -0.120. The number of piperazine rings is 1. The van der Waals surface area contributed by atoms with Gasteiger partial charge in [-0.3, -0.25) is 9.80 Å². The van der Waals surface area contributed by atoms with Crippen molar-refractivity contribution in [1.82, 2.24) is 9.80 Å². The summed E-state index contributed by atoms with van der Waals surface area (Å²) in [5.74, 6) is 0. The van der Waals surface area contributed by atoms with Crippen LogP contribution in [0.4, 0.5) is 0 Å². The van der Waals surface area contributed by atoms with E-state index in [1.165, 1.54) is 0 Å². The largest absolute Gasteiger partial charge is 0.379 e. The minimum Gasteiger partial charge on any atom is -0.379 e. The summed E-state index contributed by atoms with van der Waals surface area (Å²) in [5.41, 5.74) is 0. The molecule has 71 valence electrons. The number of hydrogen-bond donors (Lipinski definition) is 1. The zero-order valence-corrected chi connectivity index (χ0v) is 8.03. The molecule has 1 N–H and O–H groups in total. The van der Waals surface area contributed by atoms with E-state index in [2.05, 4.69) is 23.3 Å². The van der Waals surface area contributed by atoms with Gasteiger partial charge in [0, 0.05) is 32.7 Å². The molecule has 0 spiro atoms. The molecule has 0 aromatic rings. The normalized spacial score (nSPS) is 24.2. The highest BCUT2D eigenvalue weighted by Gasteiger charge is 2.18. The molecule has 3 nitrogen and oxygen atoms in total. The molecule has 1 radical (unpaired) electrons. The second kappa shape index (κ2) is 4.80. The molecule has 1 unspecified atom stereocenters. The van der Waals surface area contributed by atoms with Crippen LogP contribution in [0.15, 0.2) is 0 Å². The lowest BCUT2D eigenvalue weighted by Crippen LogP contribution is -2.48. The van der Waals surface area contributed by atoms with Crippen LogP contribution in [0.25, 0.3) is 0 Å². The van der Waals surface area contributed by atoms with Gasteiger partial charge in [0.2, 0.25) is 0 Å². The Labute approximate surface area is 75.0 Å². The highest BCUT2D eigenvalue weighted by molar-refractivity contribution is 4.76. The number of hydrogen-bond acceptors (Lipinski definition) is 3.